The zero-order valence-corrected chi connectivity index (χ0v) is 14.1. The van der Waals surface area contributed by atoms with Gasteiger partial charge in [-0.15, -0.1) is 0 Å². The van der Waals surface area contributed by atoms with E-state index in [0.29, 0.717) is 12.8 Å². The average Bonchev–Trinajstić information content (AvgIpc) is 2.36. The SMILES string of the molecule is COC(=O)[C@@H](Cc1cccc(I)c1)NC(=O)CC(C)C. The fourth-order valence-corrected chi connectivity index (χ4v) is 2.47. The van der Waals surface area contributed by atoms with Crippen LogP contribution >= 0.6 is 22.6 Å². The predicted molar refractivity (Wildman–Crippen MR) is 86.3 cm³/mol. The Bertz CT molecular complexity index is 474. The molecule has 0 aliphatic heterocycles. The van der Waals surface area contributed by atoms with Crippen LogP contribution in [-0.2, 0) is 20.7 Å². The van der Waals surface area contributed by atoms with Gasteiger partial charge in [0.05, 0.1) is 7.11 Å². The Labute approximate surface area is 133 Å². The number of carbonyl (C=O) groups is 2. The lowest BCUT2D eigenvalue weighted by Gasteiger charge is -2.17. The number of benzene rings is 1. The molecule has 0 unspecified atom stereocenters. The molecule has 0 bridgehead atoms. The van der Waals surface area contributed by atoms with E-state index in [2.05, 4.69) is 27.9 Å². The Hall–Kier alpha value is -1.11. The molecule has 110 valence electrons. The summed E-state index contributed by atoms with van der Waals surface area (Å²) < 4.78 is 5.86. The lowest BCUT2D eigenvalue weighted by molar-refractivity contribution is -0.145. The molecular weight excluding hydrogens is 369 g/mol. The second-order valence-corrected chi connectivity index (χ2v) is 6.32. The van der Waals surface area contributed by atoms with E-state index in [4.69, 9.17) is 4.74 Å². The highest BCUT2D eigenvalue weighted by molar-refractivity contribution is 14.1. The van der Waals surface area contributed by atoms with Crippen LogP contribution in [0, 0.1) is 9.49 Å². The fraction of sp³-hybridized carbons (Fsp3) is 0.467. The quantitative estimate of drug-likeness (QED) is 0.601. The van der Waals surface area contributed by atoms with Crippen molar-refractivity contribution in [1.82, 2.24) is 5.32 Å². The molecule has 0 aliphatic rings. The van der Waals surface area contributed by atoms with Gasteiger partial charge >= 0.3 is 5.97 Å². The first-order chi connectivity index (χ1) is 9.42. The maximum Gasteiger partial charge on any atom is 0.328 e. The van der Waals surface area contributed by atoms with Crippen molar-refractivity contribution in [2.45, 2.75) is 32.7 Å². The van der Waals surface area contributed by atoms with E-state index in [1.807, 2.05) is 38.1 Å². The second kappa shape index (κ2) is 8.24. The molecule has 1 N–H and O–H groups in total. The molecule has 0 saturated heterocycles. The highest BCUT2D eigenvalue weighted by Gasteiger charge is 2.22. The summed E-state index contributed by atoms with van der Waals surface area (Å²) in [6.07, 6.45) is 0.840. The lowest BCUT2D eigenvalue weighted by atomic mass is 10.0. The summed E-state index contributed by atoms with van der Waals surface area (Å²) in [6.45, 7) is 3.93. The minimum atomic E-state index is -0.635. The third-order valence-electron chi connectivity index (χ3n) is 2.74. The van der Waals surface area contributed by atoms with Crippen molar-refractivity contribution in [3.8, 4) is 0 Å². The number of halogens is 1. The number of esters is 1. The highest BCUT2D eigenvalue weighted by Crippen LogP contribution is 2.11. The molecule has 1 aromatic rings. The van der Waals surface area contributed by atoms with Crippen LogP contribution in [0.3, 0.4) is 0 Å². The topological polar surface area (TPSA) is 55.4 Å². The van der Waals surface area contributed by atoms with Crippen molar-refractivity contribution >= 4 is 34.5 Å². The molecule has 1 atom stereocenters. The van der Waals surface area contributed by atoms with Gasteiger partial charge in [0, 0.05) is 16.4 Å². The van der Waals surface area contributed by atoms with Gasteiger partial charge in [-0.05, 0) is 46.2 Å². The summed E-state index contributed by atoms with van der Waals surface area (Å²) in [5.41, 5.74) is 0.997. The van der Waals surface area contributed by atoms with Gasteiger partial charge in [0.25, 0.3) is 0 Å². The molecule has 0 saturated carbocycles. The number of amides is 1. The van der Waals surface area contributed by atoms with E-state index in [9.17, 15) is 9.59 Å². The maximum atomic E-state index is 11.8. The molecule has 0 spiro atoms. The Morgan fingerprint density at radius 3 is 2.60 bits per heavy atom. The number of methoxy groups -OCH3 is 1. The molecule has 4 nitrogen and oxygen atoms in total. The molecule has 0 aromatic heterocycles. The number of carbonyl (C=O) groups excluding carboxylic acids is 2. The van der Waals surface area contributed by atoms with Crippen LogP contribution in [-0.4, -0.2) is 25.0 Å². The number of rotatable bonds is 6. The summed E-state index contributed by atoms with van der Waals surface area (Å²) in [7, 11) is 1.33. The summed E-state index contributed by atoms with van der Waals surface area (Å²) in [6, 6.07) is 7.21. The van der Waals surface area contributed by atoms with Crippen LogP contribution in [0.4, 0.5) is 0 Å². The van der Waals surface area contributed by atoms with Crippen molar-refractivity contribution < 1.29 is 14.3 Å². The molecule has 20 heavy (non-hydrogen) atoms. The third kappa shape index (κ3) is 5.90. The normalized spacial score (nSPS) is 12.1. The first kappa shape index (κ1) is 16.9. The minimum Gasteiger partial charge on any atom is -0.467 e. The molecule has 0 radical (unpaired) electrons. The molecular formula is C15H20INO3. The second-order valence-electron chi connectivity index (χ2n) is 5.08. The number of hydrogen-bond acceptors (Lipinski definition) is 3. The Balaban J connectivity index is 2.74. The van der Waals surface area contributed by atoms with E-state index in [1.54, 1.807) is 0 Å². The van der Waals surface area contributed by atoms with Crippen molar-refractivity contribution in [3.63, 3.8) is 0 Å². The first-order valence-corrected chi connectivity index (χ1v) is 7.62. The molecule has 1 aromatic carbocycles. The number of hydrogen-bond donors (Lipinski definition) is 1. The highest BCUT2D eigenvalue weighted by atomic mass is 127. The molecule has 0 heterocycles. The van der Waals surface area contributed by atoms with E-state index in [1.165, 1.54) is 7.11 Å². The first-order valence-electron chi connectivity index (χ1n) is 6.54. The van der Waals surface area contributed by atoms with Gasteiger partial charge in [0.2, 0.25) is 5.91 Å². The van der Waals surface area contributed by atoms with E-state index in [-0.39, 0.29) is 11.8 Å². The Kier molecular flexibility index (Phi) is 6.98. The van der Waals surface area contributed by atoms with Crippen LogP contribution in [0.25, 0.3) is 0 Å². The largest absolute Gasteiger partial charge is 0.467 e. The summed E-state index contributed by atoms with van der Waals surface area (Å²) >= 11 is 2.22. The van der Waals surface area contributed by atoms with Gasteiger partial charge < -0.3 is 10.1 Å². The minimum absolute atomic E-state index is 0.124. The molecule has 5 heteroatoms. The zero-order chi connectivity index (χ0) is 15.1. The van der Waals surface area contributed by atoms with Crippen LogP contribution in [0.2, 0.25) is 0 Å². The van der Waals surface area contributed by atoms with Crippen molar-refractivity contribution in [1.29, 1.82) is 0 Å². The van der Waals surface area contributed by atoms with E-state index in [0.717, 1.165) is 9.13 Å². The van der Waals surface area contributed by atoms with Gasteiger partial charge in [-0.3, -0.25) is 4.79 Å². The molecule has 1 rings (SSSR count). The smallest absolute Gasteiger partial charge is 0.328 e. The van der Waals surface area contributed by atoms with E-state index < -0.39 is 12.0 Å². The summed E-state index contributed by atoms with van der Waals surface area (Å²) in [5.74, 6) is -0.284. The van der Waals surface area contributed by atoms with Crippen LogP contribution in [0.15, 0.2) is 24.3 Å². The lowest BCUT2D eigenvalue weighted by Crippen LogP contribution is -2.43. The van der Waals surface area contributed by atoms with Gasteiger partial charge in [-0.2, -0.15) is 0 Å². The molecule has 0 aliphatic carbocycles. The summed E-state index contributed by atoms with van der Waals surface area (Å²) in [5, 5.41) is 2.75. The Morgan fingerprint density at radius 2 is 2.05 bits per heavy atom. The number of nitrogens with one attached hydrogen (secondary N) is 1. The average molecular weight is 389 g/mol. The van der Waals surface area contributed by atoms with Gasteiger partial charge in [0.1, 0.15) is 6.04 Å². The third-order valence-corrected chi connectivity index (χ3v) is 3.41. The number of ether oxygens (including phenoxy) is 1. The van der Waals surface area contributed by atoms with Gasteiger partial charge in [0.15, 0.2) is 0 Å². The molecule has 0 fully saturated rings. The van der Waals surface area contributed by atoms with Crippen LogP contribution in [0.5, 0.6) is 0 Å². The predicted octanol–water partition coefficient (Wildman–Crippen LogP) is 2.54. The summed E-state index contributed by atoms with van der Waals surface area (Å²) in [4.78, 5) is 23.6. The fourth-order valence-electron chi connectivity index (χ4n) is 1.86. The monoisotopic (exact) mass is 389 g/mol. The van der Waals surface area contributed by atoms with Gasteiger partial charge in [-0.1, -0.05) is 26.0 Å². The zero-order valence-electron chi connectivity index (χ0n) is 12.0. The van der Waals surface area contributed by atoms with Crippen LogP contribution in [0.1, 0.15) is 25.8 Å². The maximum absolute atomic E-state index is 11.8. The standard InChI is InChI=1S/C15H20INO3/c1-10(2)7-14(18)17-13(15(19)20-3)9-11-5-4-6-12(16)8-11/h4-6,8,10,13H,7,9H2,1-3H3,(H,17,18)/t13-/m1/s1. The van der Waals surface area contributed by atoms with Gasteiger partial charge in [-0.25, -0.2) is 4.79 Å². The van der Waals surface area contributed by atoms with Crippen LogP contribution < -0.4 is 5.32 Å². The van der Waals surface area contributed by atoms with Crippen molar-refractivity contribution in [2.75, 3.05) is 7.11 Å². The van der Waals surface area contributed by atoms with Crippen molar-refractivity contribution in [3.05, 3.63) is 33.4 Å². The van der Waals surface area contributed by atoms with Crippen molar-refractivity contribution in [2.24, 2.45) is 5.92 Å². The molecule has 1 amide bonds. The Morgan fingerprint density at radius 1 is 1.35 bits per heavy atom. The van der Waals surface area contributed by atoms with E-state index >= 15 is 0 Å².